The first-order chi connectivity index (χ1) is 14.5. The predicted molar refractivity (Wildman–Crippen MR) is 111 cm³/mol. The molecule has 32 heavy (non-hydrogen) atoms. The molecule has 0 aromatic heterocycles. The summed E-state index contributed by atoms with van der Waals surface area (Å²) in [4.78, 5) is 55.4. The van der Waals surface area contributed by atoms with Crippen LogP contribution in [0.5, 0.6) is 0 Å². The molecule has 0 aliphatic carbocycles. The van der Waals surface area contributed by atoms with Gasteiger partial charge in [0, 0.05) is 13.8 Å². The Morgan fingerprint density at radius 1 is 0.656 bits per heavy atom. The van der Waals surface area contributed by atoms with Crippen molar-refractivity contribution in [3.05, 3.63) is 24.3 Å². The van der Waals surface area contributed by atoms with Crippen LogP contribution in [-0.2, 0) is 48.1 Å². The van der Waals surface area contributed by atoms with Gasteiger partial charge in [-0.15, -0.1) is 0 Å². The molecule has 0 rings (SSSR count). The third-order valence-corrected chi connectivity index (χ3v) is 2.73. The first-order valence-electron chi connectivity index (χ1n) is 9.76. The van der Waals surface area contributed by atoms with E-state index in [2.05, 4.69) is 13.2 Å². The van der Waals surface area contributed by atoms with Crippen molar-refractivity contribution < 1.29 is 52.9 Å². The van der Waals surface area contributed by atoms with Gasteiger partial charge < -0.3 is 18.9 Å². The van der Waals surface area contributed by atoms with E-state index in [1.54, 1.807) is 41.5 Å². The standard InChI is InChI=1S/C21H34O11/c1-13(11-25-31-20(5,6)7)17(22)27-15(3)29-19(24)30-16(4)28-18(23)14(2)12-26-32-21(8,9)10/h15-16H,1-2,11-12H2,3-10H3. The van der Waals surface area contributed by atoms with Crippen LogP contribution in [0.15, 0.2) is 24.3 Å². The Hall–Kier alpha value is -2.47. The molecule has 184 valence electrons. The van der Waals surface area contributed by atoms with Crippen molar-refractivity contribution in [3.63, 3.8) is 0 Å². The van der Waals surface area contributed by atoms with E-state index in [0.29, 0.717) is 0 Å². The van der Waals surface area contributed by atoms with E-state index in [4.69, 9.17) is 38.5 Å². The second kappa shape index (κ2) is 13.2. The number of hydrogen-bond donors (Lipinski definition) is 0. The van der Waals surface area contributed by atoms with Crippen LogP contribution in [0.2, 0.25) is 0 Å². The van der Waals surface area contributed by atoms with Gasteiger partial charge in [0.05, 0.1) is 22.3 Å². The quantitative estimate of drug-likeness (QED) is 0.139. The lowest BCUT2D eigenvalue weighted by Gasteiger charge is -2.19. The second-order valence-electron chi connectivity index (χ2n) is 8.55. The van der Waals surface area contributed by atoms with Gasteiger partial charge in [0.2, 0.25) is 12.6 Å². The van der Waals surface area contributed by atoms with E-state index in [-0.39, 0.29) is 24.4 Å². The van der Waals surface area contributed by atoms with Crippen LogP contribution in [0.25, 0.3) is 0 Å². The Kier molecular flexibility index (Phi) is 12.1. The molecule has 2 unspecified atom stereocenters. The average Bonchev–Trinajstić information content (AvgIpc) is 2.58. The molecule has 0 saturated carbocycles. The van der Waals surface area contributed by atoms with Gasteiger partial charge in [-0.25, -0.2) is 33.9 Å². The fourth-order valence-electron chi connectivity index (χ4n) is 1.49. The van der Waals surface area contributed by atoms with E-state index in [1.165, 1.54) is 13.8 Å². The maximum atomic E-state index is 11.9. The number of esters is 2. The number of carbonyl (C=O) groups is 3. The normalized spacial score (nSPS) is 13.5. The molecule has 0 aromatic carbocycles. The Morgan fingerprint density at radius 3 is 1.25 bits per heavy atom. The molecule has 0 heterocycles. The molecular formula is C21H34O11. The highest BCUT2D eigenvalue weighted by atomic mass is 17.2. The van der Waals surface area contributed by atoms with Crippen LogP contribution in [-0.4, -0.2) is 55.1 Å². The number of carbonyl (C=O) groups excluding carboxylic acids is 3. The van der Waals surface area contributed by atoms with Crippen LogP contribution in [0.1, 0.15) is 55.4 Å². The van der Waals surface area contributed by atoms with Gasteiger partial charge in [-0.3, -0.25) is 0 Å². The maximum Gasteiger partial charge on any atom is 0.514 e. The summed E-state index contributed by atoms with van der Waals surface area (Å²) >= 11 is 0. The van der Waals surface area contributed by atoms with Crippen molar-refractivity contribution in [2.75, 3.05) is 13.2 Å². The molecule has 11 nitrogen and oxygen atoms in total. The van der Waals surface area contributed by atoms with E-state index >= 15 is 0 Å². The van der Waals surface area contributed by atoms with Crippen LogP contribution in [0.4, 0.5) is 4.79 Å². The lowest BCUT2D eigenvalue weighted by Crippen LogP contribution is -2.28. The summed E-state index contributed by atoms with van der Waals surface area (Å²) in [5.41, 5.74) is -1.25. The van der Waals surface area contributed by atoms with Crippen LogP contribution in [0, 0.1) is 0 Å². The summed E-state index contributed by atoms with van der Waals surface area (Å²) in [6.45, 7) is 19.7. The van der Waals surface area contributed by atoms with E-state index in [0.717, 1.165) is 0 Å². The molecule has 0 radical (unpaired) electrons. The van der Waals surface area contributed by atoms with E-state index < -0.39 is 41.9 Å². The smallest absolute Gasteiger partial charge is 0.422 e. The molecule has 0 aliphatic heterocycles. The van der Waals surface area contributed by atoms with Crippen LogP contribution >= 0.6 is 0 Å². The molecule has 0 N–H and O–H groups in total. The summed E-state index contributed by atoms with van der Waals surface area (Å²) in [5.74, 6) is -1.73. The molecule has 2 atom stereocenters. The molecular weight excluding hydrogens is 428 g/mol. The van der Waals surface area contributed by atoms with Gasteiger partial charge in [0.25, 0.3) is 0 Å². The van der Waals surface area contributed by atoms with Crippen molar-refractivity contribution in [1.29, 1.82) is 0 Å². The fraction of sp³-hybridized carbons (Fsp3) is 0.667. The maximum absolute atomic E-state index is 11.9. The second-order valence-corrected chi connectivity index (χ2v) is 8.55. The first kappa shape index (κ1) is 29.5. The highest BCUT2D eigenvalue weighted by Gasteiger charge is 2.22. The monoisotopic (exact) mass is 462 g/mol. The third-order valence-electron chi connectivity index (χ3n) is 2.73. The minimum absolute atomic E-state index is 0.0588. The fourth-order valence-corrected chi connectivity index (χ4v) is 1.49. The van der Waals surface area contributed by atoms with Gasteiger partial charge in [-0.2, -0.15) is 0 Å². The molecule has 0 aromatic rings. The molecule has 0 bridgehead atoms. The van der Waals surface area contributed by atoms with Crippen molar-refractivity contribution >= 4 is 18.1 Å². The zero-order valence-electron chi connectivity index (χ0n) is 20.0. The summed E-state index contributed by atoms with van der Waals surface area (Å²) in [5, 5.41) is 0. The Balaban J connectivity index is 4.28. The van der Waals surface area contributed by atoms with Crippen molar-refractivity contribution in [1.82, 2.24) is 0 Å². The Labute approximate surface area is 188 Å². The van der Waals surface area contributed by atoms with Gasteiger partial charge in [0.15, 0.2) is 0 Å². The zero-order valence-corrected chi connectivity index (χ0v) is 20.0. The molecule has 0 spiro atoms. The SMILES string of the molecule is C=C(COOC(C)(C)C)C(=O)OC(C)OC(=O)OC(C)OC(=O)C(=C)COOC(C)(C)C. The average molecular weight is 462 g/mol. The number of rotatable bonds is 12. The first-order valence-corrected chi connectivity index (χ1v) is 9.76. The molecule has 0 fully saturated rings. The van der Waals surface area contributed by atoms with E-state index in [1.807, 2.05) is 0 Å². The topological polar surface area (TPSA) is 125 Å². The molecule has 0 aliphatic rings. The Bertz CT molecular complexity index is 614. The summed E-state index contributed by atoms with van der Waals surface area (Å²) < 4.78 is 19.3. The van der Waals surface area contributed by atoms with Crippen molar-refractivity contribution in [2.45, 2.75) is 79.2 Å². The van der Waals surface area contributed by atoms with Gasteiger partial charge >= 0.3 is 18.1 Å². The summed E-state index contributed by atoms with van der Waals surface area (Å²) in [6.07, 6.45) is -3.85. The number of hydrogen-bond acceptors (Lipinski definition) is 11. The van der Waals surface area contributed by atoms with Gasteiger partial charge in [-0.05, 0) is 41.5 Å². The lowest BCUT2D eigenvalue weighted by molar-refractivity contribution is -0.343. The minimum Gasteiger partial charge on any atom is -0.422 e. The Morgan fingerprint density at radius 2 is 0.969 bits per heavy atom. The van der Waals surface area contributed by atoms with E-state index in [9.17, 15) is 14.4 Å². The predicted octanol–water partition coefficient (Wildman–Crippen LogP) is 3.52. The minimum atomic E-state index is -1.31. The molecule has 0 saturated heterocycles. The third kappa shape index (κ3) is 15.3. The van der Waals surface area contributed by atoms with Crippen molar-refractivity contribution in [2.24, 2.45) is 0 Å². The lowest BCUT2D eigenvalue weighted by atomic mass is 10.2. The zero-order chi connectivity index (χ0) is 25.1. The largest absolute Gasteiger partial charge is 0.514 e. The van der Waals surface area contributed by atoms with Gasteiger partial charge in [-0.1, -0.05) is 13.2 Å². The number of ether oxygens (including phenoxy) is 4. The summed E-state index contributed by atoms with van der Waals surface area (Å²) in [6, 6.07) is 0. The van der Waals surface area contributed by atoms with Crippen molar-refractivity contribution in [3.8, 4) is 0 Å². The highest BCUT2D eigenvalue weighted by Crippen LogP contribution is 2.11. The van der Waals surface area contributed by atoms with Crippen LogP contribution in [0.3, 0.4) is 0 Å². The van der Waals surface area contributed by atoms with Crippen LogP contribution < -0.4 is 0 Å². The molecule has 11 heteroatoms. The molecule has 0 amide bonds. The summed E-state index contributed by atoms with van der Waals surface area (Å²) in [7, 11) is 0. The highest BCUT2D eigenvalue weighted by molar-refractivity contribution is 5.88. The van der Waals surface area contributed by atoms with Gasteiger partial charge in [0.1, 0.15) is 13.2 Å².